The molecule has 2 rings (SSSR count). The first-order valence-electron chi connectivity index (χ1n) is 4.42. The zero-order valence-corrected chi connectivity index (χ0v) is 10.6. The standard InChI is InChI=1S/C12H13.Zr.2H/c1-9-7-8-12(10(9)2)11-5-3-4-6-11;;;/h3-5H,6-7H2,1-2H3;;;/q-1;+3;2*-1. The average molecular weight is 250 g/mol. The second kappa shape index (κ2) is 4.37. The Labute approximate surface area is 102 Å². The van der Waals surface area contributed by atoms with Crippen molar-refractivity contribution in [3.05, 3.63) is 46.6 Å². The number of hydrogen-bond acceptors (Lipinski definition) is 0. The third-order valence-electron chi connectivity index (χ3n) is 2.64. The summed E-state index contributed by atoms with van der Waals surface area (Å²) in [6.45, 7) is 4.39. The Balaban J connectivity index is 0. The molecule has 67 valence electrons. The number of hydrogen-bond donors (Lipinski definition) is 0. The second-order valence-electron chi connectivity index (χ2n) is 3.46. The van der Waals surface area contributed by atoms with Gasteiger partial charge in [0.05, 0.1) is 0 Å². The smallest absolute Gasteiger partial charge is 1.00 e. The molecule has 0 heterocycles. The Bertz CT molecular complexity index is 336. The fourth-order valence-corrected chi connectivity index (χ4v) is 1.69. The summed E-state index contributed by atoms with van der Waals surface area (Å²) in [7, 11) is 0. The third-order valence-corrected chi connectivity index (χ3v) is 2.64. The van der Waals surface area contributed by atoms with Crippen molar-refractivity contribution in [3.8, 4) is 0 Å². The third kappa shape index (κ3) is 2.02. The molecule has 0 aliphatic heterocycles. The monoisotopic (exact) mass is 249 g/mol. The minimum Gasteiger partial charge on any atom is -1.00 e. The molecule has 0 aromatic heterocycles. The number of rotatable bonds is 1. The molecular weight excluding hydrogens is 235 g/mol. The summed E-state index contributed by atoms with van der Waals surface area (Å²) < 4.78 is 0. The molecule has 0 bridgehead atoms. The zero-order valence-electron chi connectivity index (χ0n) is 10.1. The molecule has 0 spiro atoms. The average Bonchev–Trinajstić information content (AvgIpc) is 2.64. The molecule has 0 nitrogen and oxygen atoms in total. The van der Waals surface area contributed by atoms with Crippen molar-refractivity contribution in [3.63, 3.8) is 0 Å². The summed E-state index contributed by atoms with van der Waals surface area (Å²) in [5, 5.41) is 0. The second-order valence-corrected chi connectivity index (χ2v) is 3.46. The molecular formula is C12H15Zr. The van der Waals surface area contributed by atoms with Crippen LogP contribution in [0.2, 0.25) is 0 Å². The van der Waals surface area contributed by atoms with Crippen LogP contribution in [0.3, 0.4) is 0 Å². The van der Waals surface area contributed by atoms with Crippen LogP contribution in [0.15, 0.2) is 40.5 Å². The summed E-state index contributed by atoms with van der Waals surface area (Å²) >= 11 is 0. The van der Waals surface area contributed by atoms with Gasteiger partial charge in [0.25, 0.3) is 0 Å². The molecule has 0 amide bonds. The van der Waals surface area contributed by atoms with Crippen LogP contribution >= 0.6 is 0 Å². The van der Waals surface area contributed by atoms with E-state index >= 15 is 0 Å². The Morgan fingerprint density at radius 3 is 2.62 bits per heavy atom. The Kier molecular flexibility index (Phi) is 3.67. The van der Waals surface area contributed by atoms with Crippen LogP contribution in [0.4, 0.5) is 0 Å². The van der Waals surface area contributed by atoms with E-state index in [1.54, 1.807) is 0 Å². The van der Waals surface area contributed by atoms with Crippen molar-refractivity contribution in [2.45, 2.75) is 26.7 Å². The first-order valence-corrected chi connectivity index (χ1v) is 4.42. The molecule has 1 heteroatoms. The van der Waals surface area contributed by atoms with Gasteiger partial charge in [0, 0.05) is 0 Å². The van der Waals surface area contributed by atoms with E-state index < -0.39 is 0 Å². The molecule has 0 aromatic rings. The van der Waals surface area contributed by atoms with Crippen molar-refractivity contribution in [2.24, 2.45) is 0 Å². The fourth-order valence-electron chi connectivity index (χ4n) is 1.69. The Morgan fingerprint density at radius 2 is 2.15 bits per heavy atom. The van der Waals surface area contributed by atoms with Crippen LogP contribution < -0.4 is 0 Å². The van der Waals surface area contributed by atoms with Crippen molar-refractivity contribution in [1.82, 2.24) is 0 Å². The Hall–Kier alpha value is -0.157. The van der Waals surface area contributed by atoms with Crippen molar-refractivity contribution >= 4 is 0 Å². The molecule has 2 aliphatic carbocycles. The van der Waals surface area contributed by atoms with Gasteiger partial charge in [-0.2, -0.15) is 17.2 Å². The van der Waals surface area contributed by atoms with E-state index in [0.29, 0.717) is 0 Å². The summed E-state index contributed by atoms with van der Waals surface area (Å²) in [4.78, 5) is 0. The van der Waals surface area contributed by atoms with Gasteiger partial charge in [-0.1, -0.05) is 38.8 Å². The summed E-state index contributed by atoms with van der Waals surface area (Å²) in [6.07, 6.45) is 12.1. The van der Waals surface area contributed by atoms with Crippen LogP contribution in [-0.2, 0) is 26.2 Å². The van der Waals surface area contributed by atoms with E-state index in [2.05, 4.69) is 38.2 Å². The first-order chi connectivity index (χ1) is 5.79. The maximum absolute atomic E-state index is 3.43. The molecule has 0 atom stereocenters. The molecule has 0 aromatic carbocycles. The summed E-state index contributed by atoms with van der Waals surface area (Å²) in [5.74, 6) is 0. The zero-order chi connectivity index (χ0) is 8.55. The largest absolute Gasteiger partial charge is 3.00 e. The maximum Gasteiger partial charge on any atom is 3.00 e. The summed E-state index contributed by atoms with van der Waals surface area (Å²) in [5.41, 5.74) is 5.70. The fraction of sp³-hybridized carbons (Fsp3) is 0.333. The van der Waals surface area contributed by atoms with Gasteiger partial charge in [0.15, 0.2) is 0 Å². The van der Waals surface area contributed by atoms with Crippen LogP contribution in [-0.4, -0.2) is 0 Å². The van der Waals surface area contributed by atoms with Crippen LogP contribution in [0.25, 0.3) is 0 Å². The van der Waals surface area contributed by atoms with Crippen LogP contribution in [0.5, 0.6) is 0 Å². The normalized spacial score (nSPS) is 20.2. The molecule has 0 N–H and O–H groups in total. The predicted octanol–water partition coefficient (Wildman–Crippen LogP) is 3.56. The minimum atomic E-state index is 0. The van der Waals surface area contributed by atoms with Gasteiger partial charge in [-0.25, -0.2) is 0 Å². The van der Waals surface area contributed by atoms with Crippen LogP contribution in [0.1, 0.15) is 29.5 Å². The summed E-state index contributed by atoms with van der Waals surface area (Å²) in [6, 6.07) is 0. The van der Waals surface area contributed by atoms with Gasteiger partial charge >= 0.3 is 26.2 Å². The van der Waals surface area contributed by atoms with E-state index in [1.165, 1.54) is 22.3 Å². The van der Waals surface area contributed by atoms with Gasteiger partial charge < -0.3 is 2.85 Å². The molecule has 2 aliphatic rings. The maximum atomic E-state index is 3.43. The van der Waals surface area contributed by atoms with Gasteiger partial charge in [0.1, 0.15) is 0 Å². The molecule has 0 saturated carbocycles. The van der Waals surface area contributed by atoms with Crippen molar-refractivity contribution < 1.29 is 29.1 Å². The van der Waals surface area contributed by atoms with E-state index in [-0.39, 0.29) is 29.1 Å². The van der Waals surface area contributed by atoms with Crippen molar-refractivity contribution in [1.29, 1.82) is 0 Å². The number of allylic oxidation sites excluding steroid dienone is 8. The molecule has 13 heavy (non-hydrogen) atoms. The first kappa shape index (κ1) is 10.9. The van der Waals surface area contributed by atoms with E-state index in [0.717, 1.165) is 12.8 Å². The predicted molar refractivity (Wildman–Crippen MR) is 53.8 cm³/mol. The quantitative estimate of drug-likeness (QED) is 0.624. The molecule has 1 radical (unpaired) electrons. The molecule has 0 saturated heterocycles. The Morgan fingerprint density at radius 1 is 1.38 bits per heavy atom. The topological polar surface area (TPSA) is 0 Å². The van der Waals surface area contributed by atoms with E-state index in [1.807, 2.05) is 0 Å². The van der Waals surface area contributed by atoms with Gasteiger partial charge in [-0.3, -0.25) is 0 Å². The van der Waals surface area contributed by atoms with Gasteiger partial charge in [0.2, 0.25) is 0 Å². The van der Waals surface area contributed by atoms with E-state index in [4.69, 9.17) is 0 Å². The van der Waals surface area contributed by atoms with Gasteiger partial charge in [-0.15, -0.1) is 17.2 Å². The van der Waals surface area contributed by atoms with E-state index in [9.17, 15) is 0 Å². The van der Waals surface area contributed by atoms with Gasteiger partial charge in [-0.05, 0) is 0 Å². The molecule has 0 fully saturated rings. The SMILES string of the molecule is CC1=C(C)C(C2=CC=CC2)=[C-]C1.[H-].[H-].[Zr+3]. The van der Waals surface area contributed by atoms with Crippen LogP contribution in [0, 0.1) is 6.08 Å². The molecule has 0 unspecified atom stereocenters. The minimum absolute atomic E-state index is 0. The van der Waals surface area contributed by atoms with Crippen molar-refractivity contribution in [2.75, 3.05) is 0 Å².